The summed E-state index contributed by atoms with van der Waals surface area (Å²) >= 11 is 0. The van der Waals surface area contributed by atoms with E-state index in [0.717, 1.165) is 40.6 Å². The molecule has 44 heavy (non-hydrogen) atoms. The lowest BCUT2D eigenvalue weighted by Crippen LogP contribution is -2.51. The number of benzene rings is 2. The Morgan fingerprint density at radius 3 is 2.39 bits per heavy atom. The van der Waals surface area contributed by atoms with Gasteiger partial charge in [-0.15, -0.1) is 0 Å². The van der Waals surface area contributed by atoms with Crippen LogP contribution in [0.1, 0.15) is 44.1 Å². The van der Waals surface area contributed by atoms with Crippen LogP contribution in [0.4, 0.5) is 0 Å². The minimum atomic E-state index is -3.92. The highest BCUT2D eigenvalue weighted by Gasteiger charge is 2.40. The van der Waals surface area contributed by atoms with Crippen LogP contribution in [0.5, 0.6) is 0 Å². The number of carboxylic acid groups (broad SMARTS) is 1. The van der Waals surface area contributed by atoms with E-state index in [1.54, 1.807) is 23.2 Å². The fraction of sp³-hybridized carbons (Fsp3) is 0.438. The van der Waals surface area contributed by atoms with Crippen LogP contribution in [0.25, 0.3) is 11.4 Å². The highest BCUT2D eigenvalue weighted by Crippen LogP contribution is 2.27. The number of amides is 2. The summed E-state index contributed by atoms with van der Waals surface area (Å²) in [6.07, 6.45) is 6.10. The van der Waals surface area contributed by atoms with E-state index in [9.17, 15) is 27.9 Å². The second-order valence-electron chi connectivity index (χ2n) is 11.6. The van der Waals surface area contributed by atoms with Gasteiger partial charge in [0.25, 0.3) is 0 Å². The Morgan fingerprint density at radius 2 is 1.70 bits per heavy atom. The van der Waals surface area contributed by atoms with Gasteiger partial charge in [0.15, 0.2) is 0 Å². The first-order chi connectivity index (χ1) is 21.1. The van der Waals surface area contributed by atoms with Crippen molar-refractivity contribution in [3.8, 4) is 11.4 Å². The zero-order valence-electron chi connectivity index (χ0n) is 24.8. The van der Waals surface area contributed by atoms with Gasteiger partial charge in [-0.1, -0.05) is 48.0 Å². The predicted octanol–water partition coefficient (Wildman–Crippen LogP) is 3.30. The number of carbonyl (C=O) groups excluding carboxylic acids is 2. The van der Waals surface area contributed by atoms with Gasteiger partial charge in [0.1, 0.15) is 17.9 Å². The summed E-state index contributed by atoms with van der Waals surface area (Å²) in [5.41, 5.74) is 1.97. The standard InChI is InChI=1S/C32H39N5O6S/c1-23-9-11-26(12-10-23)44(42,43)37-18-5-8-28(37)31(39)34-27(32(40)41)13-14-29(38)35-19-15-24(16-20-35)22-36-21-17-33-30(36)25-6-3-2-4-7-25/h2-4,6-7,9-12,17,21,24,27-28H,5,8,13-16,18-20,22H2,1H3,(H,34,39)(H,40,41)/t27-,28-/m0/s1. The minimum absolute atomic E-state index is 0.0301. The van der Waals surface area contributed by atoms with E-state index in [4.69, 9.17) is 0 Å². The molecule has 1 aromatic heterocycles. The number of sulfonamides is 1. The maximum atomic E-state index is 13.2. The largest absolute Gasteiger partial charge is 0.480 e. The monoisotopic (exact) mass is 621 g/mol. The number of carbonyl (C=O) groups is 3. The summed E-state index contributed by atoms with van der Waals surface area (Å²) in [7, 11) is -3.92. The van der Waals surface area contributed by atoms with Gasteiger partial charge < -0.3 is 19.9 Å². The SMILES string of the molecule is Cc1ccc(S(=O)(=O)N2CCC[C@H]2C(=O)N[C@@H](CCC(=O)N2CCC(Cn3ccnc3-c3ccccc3)CC2)C(=O)O)cc1. The Labute approximate surface area is 257 Å². The fourth-order valence-electron chi connectivity index (χ4n) is 6.03. The molecule has 2 fully saturated rings. The molecule has 2 aromatic carbocycles. The molecule has 234 valence electrons. The van der Waals surface area contributed by atoms with Gasteiger partial charge in [0.05, 0.1) is 4.90 Å². The Morgan fingerprint density at radius 1 is 1.00 bits per heavy atom. The van der Waals surface area contributed by atoms with Gasteiger partial charge in [0.2, 0.25) is 21.8 Å². The number of nitrogens with zero attached hydrogens (tertiary/aromatic N) is 4. The van der Waals surface area contributed by atoms with Crippen LogP contribution in [-0.4, -0.2) is 81.8 Å². The van der Waals surface area contributed by atoms with Crippen LogP contribution >= 0.6 is 0 Å². The molecule has 2 saturated heterocycles. The van der Waals surface area contributed by atoms with Crippen molar-refractivity contribution in [2.24, 2.45) is 5.92 Å². The Bertz CT molecular complexity index is 1570. The van der Waals surface area contributed by atoms with E-state index in [2.05, 4.69) is 14.9 Å². The maximum absolute atomic E-state index is 13.2. The zero-order chi connectivity index (χ0) is 31.3. The average Bonchev–Trinajstić information content (AvgIpc) is 3.71. The number of hydrogen-bond acceptors (Lipinski definition) is 6. The summed E-state index contributed by atoms with van der Waals surface area (Å²) in [6, 6.07) is 14.1. The number of aryl methyl sites for hydroxylation is 1. The van der Waals surface area contributed by atoms with Gasteiger partial charge in [0, 0.05) is 50.6 Å². The molecule has 5 rings (SSSR count). The van der Waals surface area contributed by atoms with Gasteiger partial charge in [-0.3, -0.25) is 9.59 Å². The van der Waals surface area contributed by atoms with E-state index in [0.29, 0.717) is 31.8 Å². The molecule has 2 amide bonds. The second-order valence-corrected chi connectivity index (χ2v) is 13.5. The number of nitrogens with one attached hydrogen (secondary N) is 1. The van der Waals surface area contributed by atoms with Crippen LogP contribution in [0.2, 0.25) is 0 Å². The molecule has 2 N–H and O–H groups in total. The van der Waals surface area contributed by atoms with Crippen LogP contribution in [0.3, 0.4) is 0 Å². The summed E-state index contributed by atoms with van der Waals surface area (Å²) in [6.45, 7) is 3.99. The molecule has 11 nitrogen and oxygen atoms in total. The third kappa shape index (κ3) is 7.19. The van der Waals surface area contributed by atoms with E-state index in [1.165, 1.54) is 12.1 Å². The third-order valence-electron chi connectivity index (χ3n) is 8.56. The summed E-state index contributed by atoms with van der Waals surface area (Å²) < 4.78 is 29.8. The van der Waals surface area contributed by atoms with Crippen LogP contribution in [-0.2, 0) is 31.0 Å². The number of rotatable bonds is 11. The molecule has 0 unspecified atom stereocenters. The highest BCUT2D eigenvalue weighted by molar-refractivity contribution is 7.89. The van der Waals surface area contributed by atoms with Crippen molar-refractivity contribution in [3.63, 3.8) is 0 Å². The Balaban J connectivity index is 1.12. The lowest BCUT2D eigenvalue weighted by Gasteiger charge is -2.32. The molecule has 12 heteroatoms. The van der Waals surface area contributed by atoms with Crippen molar-refractivity contribution in [2.75, 3.05) is 19.6 Å². The number of carboxylic acids is 1. The first-order valence-corrected chi connectivity index (χ1v) is 16.5. The summed E-state index contributed by atoms with van der Waals surface area (Å²) in [5, 5.41) is 12.3. The van der Waals surface area contributed by atoms with Crippen molar-refractivity contribution in [2.45, 2.75) is 69.0 Å². The number of aliphatic carboxylic acids is 1. The van der Waals surface area contributed by atoms with Crippen molar-refractivity contribution < 1.29 is 27.9 Å². The topological polar surface area (TPSA) is 142 Å². The molecule has 0 spiro atoms. The molecule has 2 atom stereocenters. The molecule has 2 aliphatic rings. The minimum Gasteiger partial charge on any atom is -0.480 e. The van der Waals surface area contributed by atoms with Crippen molar-refractivity contribution in [3.05, 3.63) is 72.6 Å². The lowest BCUT2D eigenvalue weighted by atomic mass is 9.96. The van der Waals surface area contributed by atoms with Crippen molar-refractivity contribution in [1.29, 1.82) is 0 Å². The Kier molecular flexibility index (Phi) is 9.80. The smallest absolute Gasteiger partial charge is 0.326 e. The molecular weight excluding hydrogens is 582 g/mol. The summed E-state index contributed by atoms with van der Waals surface area (Å²) in [5.74, 6) is -0.772. The third-order valence-corrected chi connectivity index (χ3v) is 10.5. The van der Waals surface area contributed by atoms with Gasteiger partial charge in [-0.25, -0.2) is 18.2 Å². The molecule has 0 aliphatic carbocycles. The van der Waals surface area contributed by atoms with E-state index in [-0.39, 0.29) is 30.2 Å². The first kappa shape index (κ1) is 31.4. The average molecular weight is 622 g/mol. The van der Waals surface area contributed by atoms with Crippen molar-refractivity contribution in [1.82, 2.24) is 24.1 Å². The van der Waals surface area contributed by atoms with Crippen LogP contribution < -0.4 is 5.32 Å². The van der Waals surface area contributed by atoms with Crippen molar-refractivity contribution >= 4 is 27.8 Å². The van der Waals surface area contributed by atoms with Gasteiger partial charge in [-0.05, 0) is 57.1 Å². The molecule has 0 radical (unpaired) electrons. The first-order valence-electron chi connectivity index (χ1n) is 15.1. The number of hydrogen-bond donors (Lipinski definition) is 2. The van der Waals surface area contributed by atoms with E-state index < -0.39 is 34.0 Å². The molecule has 3 heterocycles. The number of aromatic nitrogens is 2. The van der Waals surface area contributed by atoms with E-state index in [1.807, 2.05) is 43.5 Å². The number of piperidine rings is 1. The molecule has 0 bridgehead atoms. The molecule has 3 aromatic rings. The van der Waals surface area contributed by atoms with E-state index >= 15 is 0 Å². The Hall–Kier alpha value is -4.03. The zero-order valence-corrected chi connectivity index (χ0v) is 25.7. The van der Waals surface area contributed by atoms with Crippen LogP contribution in [0.15, 0.2) is 71.9 Å². The van der Waals surface area contributed by atoms with Crippen LogP contribution in [0, 0.1) is 12.8 Å². The van der Waals surface area contributed by atoms with Gasteiger partial charge in [-0.2, -0.15) is 4.31 Å². The molecule has 2 aliphatic heterocycles. The highest BCUT2D eigenvalue weighted by atomic mass is 32.2. The molecular formula is C32H39N5O6S. The lowest BCUT2D eigenvalue weighted by molar-refractivity contribution is -0.143. The fourth-order valence-corrected chi connectivity index (χ4v) is 7.69. The summed E-state index contributed by atoms with van der Waals surface area (Å²) in [4.78, 5) is 44.5. The molecule has 0 saturated carbocycles. The normalized spacial score (nSPS) is 18.7. The van der Waals surface area contributed by atoms with Gasteiger partial charge >= 0.3 is 5.97 Å². The number of imidazole rings is 1. The maximum Gasteiger partial charge on any atom is 0.326 e. The quantitative estimate of drug-likeness (QED) is 0.335. The number of likely N-dealkylation sites (tertiary alicyclic amines) is 1. The predicted molar refractivity (Wildman–Crippen MR) is 164 cm³/mol. The second kappa shape index (κ2) is 13.7.